The smallest absolute Gasteiger partial charge is 0.0650 e. The molecule has 0 saturated heterocycles. The average molecular weight is 348 g/mol. The summed E-state index contributed by atoms with van der Waals surface area (Å²) in [6, 6.07) is 35.2. The van der Waals surface area contributed by atoms with E-state index in [1.54, 1.807) is 0 Å². The molecule has 0 aliphatic carbocycles. The van der Waals surface area contributed by atoms with Gasteiger partial charge in [0.2, 0.25) is 0 Å². The Morgan fingerprint density at radius 3 is 1.70 bits per heavy atom. The average Bonchev–Trinajstić information content (AvgIpc) is 2.75. The van der Waals surface area contributed by atoms with Gasteiger partial charge in [-0.1, -0.05) is 72.8 Å². The number of pyridine rings is 1. The summed E-state index contributed by atoms with van der Waals surface area (Å²) in [5.41, 5.74) is 5.40. The fourth-order valence-corrected chi connectivity index (χ4v) is 3.01. The minimum absolute atomic E-state index is 0.924. The van der Waals surface area contributed by atoms with Gasteiger partial charge in [-0.2, -0.15) is 0 Å². The summed E-state index contributed by atoms with van der Waals surface area (Å²) in [5.74, 6) is 0. The number of anilines is 3. The summed E-state index contributed by atoms with van der Waals surface area (Å²) in [4.78, 5) is 6.75. The van der Waals surface area contributed by atoms with Crippen molar-refractivity contribution >= 4 is 29.2 Å². The number of nitrogens with zero attached hydrogens (tertiary/aromatic N) is 2. The van der Waals surface area contributed by atoms with Crippen molar-refractivity contribution in [1.82, 2.24) is 4.98 Å². The van der Waals surface area contributed by atoms with Gasteiger partial charge < -0.3 is 4.90 Å². The molecule has 0 bridgehead atoms. The molecule has 3 aromatic carbocycles. The van der Waals surface area contributed by atoms with Crippen LogP contribution in [-0.2, 0) is 0 Å². The van der Waals surface area contributed by atoms with E-state index in [9.17, 15) is 0 Å². The molecule has 0 fully saturated rings. The Labute approximate surface area is 160 Å². The van der Waals surface area contributed by atoms with Gasteiger partial charge in [0.15, 0.2) is 0 Å². The quantitative estimate of drug-likeness (QED) is 0.398. The van der Waals surface area contributed by atoms with Crippen molar-refractivity contribution < 1.29 is 0 Å². The van der Waals surface area contributed by atoms with Gasteiger partial charge in [-0.3, -0.25) is 4.98 Å². The Balaban J connectivity index is 1.72. The third-order valence-corrected chi connectivity index (χ3v) is 4.30. The Bertz CT molecular complexity index is 970. The highest BCUT2D eigenvalue weighted by molar-refractivity contribution is 5.78. The molecule has 1 aromatic heterocycles. The third-order valence-electron chi connectivity index (χ3n) is 4.30. The first-order valence-electron chi connectivity index (χ1n) is 8.99. The van der Waals surface area contributed by atoms with Crippen LogP contribution in [0.2, 0.25) is 0 Å². The molecular weight excluding hydrogens is 328 g/mol. The van der Waals surface area contributed by atoms with E-state index in [1.807, 2.05) is 48.7 Å². The van der Waals surface area contributed by atoms with E-state index < -0.39 is 0 Å². The Morgan fingerprint density at radius 2 is 1.11 bits per heavy atom. The van der Waals surface area contributed by atoms with Crippen LogP contribution in [0.3, 0.4) is 0 Å². The van der Waals surface area contributed by atoms with Crippen LogP contribution in [-0.4, -0.2) is 4.98 Å². The van der Waals surface area contributed by atoms with Crippen LogP contribution in [0.15, 0.2) is 109 Å². The summed E-state index contributed by atoms with van der Waals surface area (Å²) in [6.07, 6.45) is 5.99. The molecule has 1 heterocycles. The Hall–Kier alpha value is -3.65. The van der Waals surface area contributed by atoms with Crippen molar-refractivity contribution in [2.45, 2.75) is 0 Å². The van der Waals surface area contributed by atoms with Crippen LogP contribution in [0.5, 0.6) is 0 Å². The zero-order chi connectivity index (χ0) is 18.3. The van der Waals surface area contributed by atoms with Gasteiger partial charge in [0, 0.05) is 23.3 Å². The lowest BCUT2D eigenvalue weighted by molar-refractivity contribution is 1.23. The largest absolute Gasteiger partial charge is 0.310 e. The van der Waals surface area contributed by atoms with Crippen molar-refractivity contribution in [3.63, 3.8) is 0 Å². The maximum Gasteiger partial charge on any atom is 0.0650 e. The number of rotatable bonds is 5. The van der Waals surface area contributed by atoms with Gasteiger partial charge in [0.05, 0.1) is 5.69 Å². The molecular formula is C25H20N2. The predicted octanol–water partition coefficient (Wildman–Crippen LogP) is 6.72. The highest BCUT2D eigenvalue weighted by Gasteiger charge is 2.11. The molecule has 0 aliphatic heterocycles. The van der Waals surface area contributed by atoms with Crippen LogP contribution in [0.25, 0.3) is 12.2 Å². The number of aromatic nitrogens is 1. The third kappa shape index (κ3) is 4.13. The van der Waals surface area contributed by atoms with E-state index in [0.717, 1.165) is 28.3 Å². The topological polar surface area (TPSA) is 16.1 Å². The van der Waals surface area contributed by atoms with Gasteiger partial charge in [-0.25, -0.2) is 0 Å². The molecule has 0 unspecified atom stereocenters. The van der Waals surface area contributed by atoms with Crippen molar-refractivity contribution in [1.29, 1.82) is 0 Å². The minimum atomic E-state index is 0.924. The lowest BCUT2D eigenvalue weighted by Gasteiger charge is -2.25. The Kier molecular flexibility index (Phi) is 5.07. The molecule has 4 rings (SSSR count). The summed E-state index contributed by atoms with van der Waals surface area (Å²) in [7, 11) is 0. The van der Waals surface area contributed by atoms with Crippen LogP contribution in [0, 0.1) is 0 Å². The van der Waals surface area contributed by atoms with Gasteiger partial charge >= 0.3 is 0 Å². The molecule has 2 nitrogen and oxygen atoms in total. The van der Waals surface area contributed by atoms with E-state index in [0.29, 0.717) is 0 Å². The van der Waals surface area contributed by atoms with Gasteiger partial charge in [0.25, 0.3) is 0 Å². The molecule has 0 radical (unpaired) electrons. The van der Waals surface area contributed by atoms with E-state index in [1.165, 1.54) is 0 Å². The van der Waals surface area contributed by atoms with Gasteiger partial charge in [-0.05, 0) is 48.0 Å². The highest BCUT2D eigenvalue weighted by Crippen LogP contribution is 2.34. The van der Waals surface area contributed by atoms with Crippen molar-refractivity contribution in [3.05, 3.63) is 121 Å². The standard InChI is InChI=1S/C25H20N2/c1-4-10-21(11-5-1)16-17-22-20-25(18-19-26-22)27(23-12-6-2-7-13-23)24-14-8-3-9-15-24/h1-20H. The lowest BCUT2D eigenvalue weighted by atomic mass is 10.1. The van der Waals surface area contributed by atoms with Crippen LogP contribution < -0.4 is 4.90 Å². The number of hydrogen-bond donors (Lipinski definition) is 0. The number of benzene rings is 3. The van der Waals surface area contributed by atoms with Crippen LogP contribution in [0.4, 0.5) is 17.1 Å². The second-order valence-corrected chi connectivity index (χ2v) is 6.19. The highest BCUT2D eigenvalue weighted by atomic mass is 15.1. The SMILES string of the molecule is C(=Cc1cc(N(c2ccccc2)c2ccccc2)ccn1)c1ccccc1. The van der Waals surface area contributed by atoms with Crippen LogP contribution in [0.1, 0.15) is 11.3 Å². The monoisotopic (exact) mass is 348 g/mol. The molecule has 0 spiro atoms. The second kappa shape index (κ2) is 8.15. The first-order valence-corrected chi connectivity index (χ1v) is 8.99. The molecule has 0 atom stereocenters. The number of para-hydroxylation sites is 2. The fourth-order valence-electron chi connectivity index (χ4n) is 3.01. The van der Waals surface area contributed by atoms with Gasteiger partial charge in [0.1, 0.15) is 0 Å². The normalized spacial score (nSPS) is 10.8. The summed E-state index contributed by atoms with van der Waals surface area (Å²) >= 11 is 0. The molecule has 0 aliphatic rings. The van der Waals surface area contributed by atoms with E-state index in [2.05, 4.69) is 82.7 Å². The molecule has 27 heavy (non-hydrogen) atoms. The number of hydrogen-bond acceptors (Lipinski definition) is 2. The molecule has 4 aromatic rings. The summed E-state index contributed by atoms with van der Waals surface area (Å²) in [6.45, 7) is 0. The summed E-state index contributed by atoms with van der Waals surface area (Å²) < 4.78 is 0. The van der Waals surface area contributed by atoms with Crippen molar-refractivity contribution in [3.8, 4) is 0 Å². The first kappa shape index (κ1) is 16.8. The van der Waals surface area contributed by atoms with Crippen molar-refractivity contribution in [2.24, 2.45) is 0 Å². The van der Waals surface area contributed by atoms with E-state index >= 15 is 0 Å². The lowest BCUT2D eigenvalue weighted by Crippen LogP contribution is -2.10. The van der Waals surface area contributed by atoms with Crippen molar-refractivity contribution in [2.75, 3.05) is 4.90 Å². The van der Waals surface area contributed by atoms with E-state index in [-0.39, 0.29) is 0 Å². The molecule has 2 heteroatoms. The molecule has 130 valence electrons. The molecule has 0 saturated carbocycles. The minimum Gasteiger partial charge on any atom is -0.310 e. The summed E-state index contributed by atoms with van der Waals surface area (Å²) in [5, 5.41) is 0. The zero-order valence-corrected chi connectivity index (χ0v) is 14.9. The molecule has 0 N–H and O–H groups in total. The first-order chi connectivity index (χ1) is 13.4. The van der Waals surface area contributed by atoms with Crippen LogP contribution >= 0.6 is 0 Å². The van der Waals surface area contributed by atoms with Gasteiger partial charge in [-0.15, -0.1) is 0 Å². The molecule has 0 amide bonds. The van der Waals surface area contributed by atoms with E-state index in [4.69, 9.17) is 0 Å². The maximum atomic E-state index is 4.51. The maximum absolute atomic E-state index is 4.51. The zero-order valence-electron chi connectivity index (χ0n) is 14.9. The predicted molar refractivity (Wildman–Crippen MR) is 114 cm³/mol. The second-order valence-electron chi connectivity index (χ2n) is 6.19. The Morgan fingerprint density at radius 1 is 0.556 bits per heavy atom. The fraction of sp³-hybridized carbons (Fsp3) is 0.